The van der Waals surface area contributed by atoms with Crippen LogP contribution in [-0.4, -0.2) is 23.0 Å². The Labute approximate surface area is 235 Å². The largest absolute Gasteiger partial charge is 0.317 e. The Morgan fingerprint density at radius 1 is 0.703 bits per heavy atom. The van der Waals surface area contributed by atoms with Crippen molar-refractivity contribution < 1.29 is 20.1 Å². The number of hydrogen-bond acceptors (Lipinski definition) is 3. The monoisotopic (exact) mass is 678 g/mol. The summed E-state index contributed by atoms with van der Waals surface area (Å²) in [6.07, 6.45) is 6.77. The number of nitrogens with zero attached hydrogens (tertiary/aromatic N) is 3. The summed E-state index contributed by atoms with van der Waals surface area (Å²) in [4.78, 5) is 13.3. The standard InChI is InChI=1S/C16H11N2.C16H20NSi.Ir/c1-2-6-13(7-3-1)14-9-10-16(18-12-14)15-8-4-5-11-17-15;1-5-13-11-15(14-9-7-6-8-10-14)17-12-16(13)18(2,3)4;/h1-7,9-12H;6-9,11-12H,5H2,1-4H3;/q2*-1;. The quantitative estimate of drug-likeness (QED) is 0.145. The second-order valence-electron chi connectivity index (χ2n) is 9.53. The summed E-state index contributed by atoms with van der Waals surface area (Å²) < 4.78 is 0. The third-order valence-corrected chi connectivity index (χ3v) is 7.95. The molecule has 0 saturated heterocycles. The van der Waals surface area contributed by atoms with E-state index in [0.717, 1.165) is 34.6 Å². The predicted octanol–water partition coefficient (Wildman–Crippen LogP) is 7.26. The van der Waals surface area contributed by atoms with Crippen LogP contribution in [0.5, 0.6) is 0 Å². The van der Waals surface area contributed by atoms with E-state index >= 15 is 0 Å². The first-order valence-corrected chi connectivity index (χ1v) is 15.8. The van der Waals surface area contributed by atoms with Gasteiger partial charge >= 0.3 is 0 Å². The summed E-state index contributed by atoms with van der Waals surface area (Å²) in [5, 5.41) is 1.48. The third kappa shape index (κ3) is 7.62. The van der Waals surface area contributed by atoms with Crippen molar-refractivity contribution in [2.75, 3.05) is 0 Å². The molecule has 0 saturated carbocycles. The zero-order chi connectivity index (χ0) is 25.4. The number of aryl methyl sites for hydroxylation is 1. The zero-order valence-electron chi connectivity index (χ0n) is 21.7. The smallest absolute Gasteiger partial charge is 0.0798 e. The van der Waals surface area contributed by atoms with Crippen LogP contribution >= 0.6 is 0 Å². The van der Waals surface area contributed by atoms with E-state index < -0.39 is 8.07 Å². The van der Waals surface area contributed by atoms with Crippen LogP contribution < -0.4 is 5.19 Å². The molecule has 0 unspecified atom stereocenters. The first-order chi connectivity index (χ1) is 17.5. The molecule has 3 nitrogen and oxygen atoms in total. The van der Waals surface area contributed by atoms with Gasteiger partial charge < -0.3 is 9.97 Å². The molecule has 0 atom stereocenters. The van der Waals surface area contributed by atoms with E-state index in [-0.39, 0.29) is 20.1 Å². The maximum Gasteiger partial charge on any atom is 0.0798 e. The van der Waals surface area contributed by atoms with Crippen LogP contribution in [0.1, 0.15) is 12.5 Å². The molecule has 0 amide bonds. The van der Waals surface area contributed by atoms with Gasteiger partial charge in [0.1, 0.15) is 0 Å². The SMILES string of the molecule is CCc1cc(-c2[c-]cccc2)ncc1[Si](C)(C)C.[Ir].[c-]1cccnc1-c1ccc(-c2ccccc2)cn1. The number of aromatic nitrogens is 3. The first-order valence-electron chi connectivity index (χ1n) is 12.3. The molecule has 0 bridgehead atoms. The summed E-state index contributed by atoms with van der Waals surface area (Å²) >= 11 is 0. The summed E-state index contributed by atoms with van der Waals surface area (Å²) in [7, 11) is -1.30. The van der Waals surface area contributed by atoms with Gasteiger partial charge in [-0.3, -0.25) is 4.98 Å². The van der Waals surface area contributed by atoms with Gasteiger partial charge in [0.2, 0.25) is 0 Å². The molecule has 0 fully saturated rings. The second kappa shape index (κ2) is 13.3. The Balaban J connectivity index is 0.000000200. The minimum absolute atomic E-state index is 0. The third-order valence-electron chi connectivity index (χ3n) is 5.88. The molecular weight excluding hydrogens is 647 g/mol. The topological polar surface area (TPSA) is 38.7 Å². The maximum absolute atomic E-state index is 4.63. The molecule has 0 aliphatic rings. The fourth-order valence-electron chi connectivity index (χ4n) is 3.97. The van der Waals surface area contributed by atoms with Crippen LogP contribution in [0.2, 0.25) is 19.6 Å². The van der Waals surface area contributed by atoms with Crippen molar-refractivity contribution in [3.63, 3.8) is 0 Å². The van der Waals surface area contributed by atoms with Gasteiger partial charge in [-0.15, -0.1) is 42.0 Å². The summed E-state index contributed by atoms with van der Waals surface area (Å²) in [6, 6.07) is 34.5. The molecule has 3 aromatic heterocycles. The van der Waals surface area contributed by atoms with Gasteiger partial charge in [-0.2, -0.15) is 12.1 Å². The number of hydrogen-bond donors (Lipinski definition) is 0. The van der Waals surface area contributed by atoms with Gasteiger partial charge in [0.05, 0.1) is 8.07 Å². The van der Waals surface area contributed by atoms with E-state index in [2.05, 4.69) is 90.2 Å². The van der Waals surface area contributed by atoms with Gasteiger partial charge in [0.15, 0.2) is 0 Å². The Morgan fingerprint density at radius 2 is 1.43 bits per heavy atom. The first kappa shape index (κ1) is 28.3. The maximum atomic E-state index is 4.63. The van der Waals surface area contributed by atoms with E-state index in [9.17, 15) is 0 Å². The normalized spacial score (nSPS) is 10.6. The minimum Gasteiger partial charge on any atom is -0.317 e. The molecule has 5 aromatic rings. The number of pyridine rings is 3. The molecule has 2 aromatic carbocycles. The molecule has 1 radical (unpaired) electrons. The summed E-state index contributed by atoms with van der Waals surface area (Å²) in [6.45, 7) is 9.34. The molecule has 0 aliphatic carbocycles. The Hall–Kier alpha value is -3.24. The molecule has 5 heteroatoms. The van der Waals surface area contributed by atoms with E-state index in [4.69, 9.17) is 0 Å². The fraction of sp³-hybridized carbons (Fsp3) is 0.156. The van der Waals surface area contributed by atoms with Crippen LogP contribution in [0, 0.1) is 12.1 Å². The van der Waals surface area contributed by atoms with Gasteiger partial charge in [-0.1, -0.05) is 80.7 Å². The minimum atomic E-state index is -1.30. The van der Waals surface area contributed by atoms with Crippen molar-refractivity contribution in [1.29, 1.82) is 0 Å². The van der Waals surface area contributed by atoms with E-state index in [0.29, 0.717) is 0 Å². The van der Waals surface area contributed by atoms with Crippen LogP contribution in [-0.2, 0) is 26.5 Å². The Kier molecular flexibility index (Phi) is 10.2. The molecule has 189 valence electrons. The average Bonchev–Trinajstić information content (AvgIpc) is 2.94. The van der Waals surface area contributed by atoms with Crippen molar-refractivity contribution in [2.24, 2.45) is 0 Å². The van der Waals surface area contributed by atoms with Gasteiger partial charge in [-0.25, -0.2) is 0 Å². The van der Waals surface area contributed by atoms with Gasteiger partial charge in [0.25, 0.3) is 0 Å². The van der Waals surface area contributed by atoms with Crippen LogP contribution in [0.3, 0.4) is 0 Å². The van der Waals surface area contributed by atoms with E-state index in [1.807, 2.05) is 60.8 Å². The van der Waals surface area contributed by atoms with Crippen molar-refractivity contribution in [3.8, 4) is 33.8 Å². The average molecular weight is 678 g/mol. The molecule has 0 N–H and O–H groups in total. The molecule has 37 heavy (non-hydrogen) atoms. The zero-order valence-corrected chi connectivity index (χ0v) is 25.1. The van der Waals surface area contributed by atoms with E-state index in [1.165, 1.54) is 16.3 Å². The fourth-order valence-corrected chi connectivity index (χ4v) is 5.63. The van der Waals surface area contributed by atoms with Crippen molar-refractivity contribution in [2.45, 2.75) is 33.0 Å². The number of rotatable bonds is 5. The van der Waals surface area contributed by atoms with Crippen LogP contribution in [0.25, 0.3) is 33.8 Å². The van der Waals surface area contributed by atoms with Gasteiger partial charge in [0, 0.05) is 32.5 Å². The molecule has 3 heterocycles. The van der Waals surface area contributed by atoms with Crippen molar-refractivity contribution in [1.82, 2.24) is 15.0 Å². The summed E-state index contributed by atoms with van der Waals surface area (Å²) in [5.41, 5.74) is 7.45. The molecule has 0 aliphatic heterocycles. The molecule has 0 spiro atoms. The summed E-state index contributed by atoms with van der Waals surface area (Å²) in [5.74, 6) is 0. The molecule has 5 rings (SSSR count). The second-order valence-corrected chi connectivity index (χ2v) is 14.6. The van der Waals surface area contributed by atoms with Crippen molar-refractivity contribution >= 4 is 13.3 Å². The van der Waals surface area contributed by atoms with Crippen LogP contribution in [0.4, 0.5) is 0 Å². The Bertz CT molecular complexity index is 1310. The molecular formula is C32H31IrN3Si-2. The van der Waals surface area contributed by atoms with E-state index in [1.54, 1.807) is 6.20 Å². The van der Waals surface area contributed by atoms with Crippen LogP contribution in [0.15, 0.2) is 104 Å². The predicted molar refractivity (Wildman–Crippen MR) is 153 cm³/mol. The number of benzene rings is 2. The Morgan fingerprint density at radius 3 is 2.03 bits per heavy atom. The van der Waals surface area contributed by atoms with Gasteiger partial charge in [-0.05, 0) is 46.0 Å². The van der Waals surface area contributed by atoms with Crippen molar-refractivity contribution in [3.05, 3.63) is 121 Å².